The van der Waals surface area contributed by atoms with Crippen LogP contribution in [-0.2, 0) is 4.74 Å². The number of rotatable bonds is 4. The van der Waals surface area contributed by atoms with Crippen LogP contribution in [0.15, 0.2) is 18.2 Å². The Hall–Kier alpha value is -2.12. The van der Waals surface area contributed by atoms with Crippen LogP contribution in [-0.4, -0.2) is 68.3 Å². The van der Waals surface area contributed by atoms with Crippen molar-refractivity contribution in [1.82, 2.24) is 15.5 Å². The fraction of sp³-hybridized carbons (Fsp3) is 0.600. The standard InChI is InChI=1S/C20H28N4O3/c1-14-5-6-15(11-17(14)24-10-7-21-20(24)26)19(25)22-16-12-27-13-18(16)23-8-3-2-4-9-23/h5-6,11,16,18H,2-4,7-10,12-13H2,1H3,(H,21,26)(H,22,25)/t16-,18-/m0/s1. The number of carbonyl (C=O) groups excluding carboxylic acids is 2. The van der Waals surface area contributed by atoms with Gasteiger partial charge in [0.15, 0.2) is 0 Å². The second-order valence-corrected chi connectivity index (χ2v) is 7.67. The van der Waals surface area contributed by atoms with Gasteiger partial charge < -0.3 is 15.4 Å². The first kappa shape index (κ1) is 18.3. The third-order valence-electron chi connectivity index (χ3n) is 5.85. The number of anilines is 1. The number of piperidine rings is 1. The minimum Gasteiger partial charge on any atom is -0.378 e. The lowest BCUT2D eigenvalue weighted by Gasteiger charge is -2.34. The summed E-state index contributed by atoms with van der Waals surface area (Å²) in [4.78, 5) is 29.0. The fourth-order valence-electron chi connectivity index (χ4n) is 4.29. The summed E-state index contributed by atoms with van der Waals surface area (Å²) in [5.74, 6) is -0.103. The summed E-state index contributed by atoms with van der Waals surface area (Å²) in [5.41, 5.74) is 2.37. The van der Waals surface area contributed by atoms with E-state index in [-0.39, 0.29) is 24.0 Å². The highest BCUT2D eigenvalue weighted by Gasteiger charge is 2.35. The van der Waals surface area contributed by atoms with Crippen molar-refractivity contribution in [3.8, 4) is 0 Å². The molecule has 27 heavy (non-hydrogen) atoms. The fourth-order valence-corrected chi connectivity index (χ4v) is 4.29. The molecule has 1 aromatic carbocycles. The predicted molar refractivity (Wildman–Crippen MR) is 103 cm³/mol. The lowest BCUT2D eigenvalue weighted by Crippen LogP contribution is -2.52. The van der Waals surface area contributed by atoms with Gasteiger partial charge in [-0.2, -0.15) is 0 Å². The van der Waals surface area contributed by atoms with Crippen molar-refractivity contribution in [2.75, 3.05) is 44.3 Å². The van der Waals surface area contributed by atoms with Crippen molar-refractivity contribution in [3.05, 3.63) is 29.3 Å². The van der Waals surface area contributed by atoms with Gasteiger partial charge in [-0.05, 0) is 50.6 Å². The zero-order valence-corrected chi connectivity index (χ0v) is 15.9. The minimum atomic E-state index is -0.106. The molecule has 3 aliphatic heterocycles. The maximum absolute atomic E-state index is 12.9. The van der Waals surface area contributed by atoms with Crippen molar-refractivity contribution in [2.45, 2.75) is 38.3 Å². The average Bonchev–Trinajstić information content (AvgIpc) is 3.32. The molecule has 7 heteroatoms. The molecule has 4 rings (SSSR count). The molecule has 2 N–H and O–H groups in total. The van der Waals surface area contributed by atoms with Gasteiger partial charge >= 0.3 is 6.03 Å². The van der Waals surface area contributed by atoms with E-state index in [1.807, 2.05) is 25.1 Å². The molecule has 0 bridgehead atoms. The highest BCUT2D eigenvalue weighted by molar-refractivity contribution is 5.99. The van der Waals surface area contributed by atoms with Gasteiger partial charge in [-0.15, -0.1) is 0 Å². The Bertz CT molecular complexity index is 717. The van der Waals surface area contributed by atoms with Crippen LogP contribution in [0.3, 0.4) is 0 Å². The number of aryl methyl sites for hydroxylation is 1. The summed E-state index contributed by atoms with van der Waals surface area (Å²) in [6.45, 7) is 6.61. The first-order valence-electron chi connectivity index (χ1n) is 9.92. The Morgan fingerprint density at radius 1 is 1.19 bits per heavy atom. The molecular formula is C20H28N4O3. The lowest BCUT2D eigenvalue weighted by atomic mass is 10.0. The molecule has 0 unspecified atom stereocenters. The van der Waals surface area contributed by atoms with E-state index in [2.05, 4.69) is 15.5 Å². The predicted octanol–water partition coefficient (Wildman–Crippen LogP) is 1.51. The van der Waals surface area contributed by atoms with Crippen molar-refractivity contribution >= 4 is 17.6 Å². The molecule has 3 fully saturated rings. The lowest BCUT2D eigenvalue weighted by molar-refractivity contribution is 0.0900. The largest absolute Gasteiger partial charge is 0.378 e. The van der Waals surface area contributed by atoms with E-state index in [1.165, 1.54) is 19.3 Å². The highest BCUT2D eigenvalue weighted by Crippen LogP contribution is 2.24. The van der Waals surface area contributed by atoms with E-state index >= 15 is 0 Å². The Morgan fingerprint density at radius 3 is 2.74 bits per heavy atom. The molecule has 3 aliphatic rings. The number of carbonyl (C=O) groups is 2. The van der Waals surface area contributed by atoms with E-state index in [9.17, 15) is 9.59 Å². The van der Waals surface area contributed by atoms with Crippen molar-refractivity contribution in [2.24, 2.45) is 0 Å². The number of hydrogen-bond donors (Lipinski definition) is 2. The highest BCUT2D eigenvalue weighted by atomic mass is 16.5. The second-order valence-electron chi connectivity index (χ2n) is 7.67. The van der Waals surface area contributed by atoms with E-state index in [0.717, 1.165) is 24.3 Å². The van der Waals surface area contributed by atoms with Gasteiger partial charge in [-0.3, -0.25) is 14.6 Å². The summed E-state index contributed by atoms with van der Waals surface area (Å²) < 4.78 is 5.68. The smallest absolute Gasteiger partial charge is 0.322 e. The molecule has 1 aromatic rings. The Balaban J connectivity index is 1.47. The van der Waals surface area contributed by atoms with Crippen molar-refractivity contribution in [3.63, 3.8) is 0 Å². The van der Waals surface area contributed by atoms with Crippen LogP contribution in [0.25, 0.3) is 0 Å². The van der Waals surface area contributed by atoms with E-state index in [4.69, 9.17) is 4.74 Å². The molecule has 3 heterocycles. The summed E-state index contributed by atoms with van der Waals surface area (Å²) in [6, 6.07) is 5.71. The van der Waals surface area contributed by atoms with Crippen LogP contribution in [0.2, 0.25) is 0 Å². The summed E-state index contributed by atoms with van der Waals surface area (Å²) in [7, 11) is 0. The van der Waals surface area contributed by atoms with Gasteiger partial charge in [0.2, 0.25) is 0 Å². The number of benzene rings is 1. The Kier molecular flexibility index (Phi) is 5.31. The van der Waals surface area contributed by atoms with Crippen LogP contribution in [0, 0.1) is 6.92 Å². The normalized spacial score (nSPS) is 26.3. The van der Waals surface area contributed by atoms with Gasteiger partial charge in [-0.25, -0.2) is 4.79 Å². The molecule has 3 amide bonds. The average molecular weight is 372 g/mol. The number of ether oxygens (including phenoxy) is 1. The number of urea groups is 1. The van der Waals surface area contributed by atoms with Crippen LogP contribution in [0.1, 0.15) is 35.2 Å². The van der Waals surface area contributed by atoms with Gasteiger partial charge in [0.25, 0.3) is 5.91 Å². The molecule has 0 spiro atoms. The molecule has 0 aliphatic carbocycles. The number of nitrogens with zero attached hydrogens (tertiary/aromatic N) is 2. The zero-order valence-electron chi connectivity index (χ0n) is 15.9. The third kappa shape index (κ3) is 3.80. The van der Waals surface area contributed by atoms with Gasteiger partial charge in [-0.1, -0.05) is 12.5 Å². The van der Waals surface area contributed by atoms with Gasteiger partial charge in [0.1, 0.15) is 0 Å². The molecule has 2 atom stereocenters. The topological polar surface area (TPSA) is 73.9 Å². The number of hydrogen-bond acceptors (Lipinski definition) is 4. The second kappa shape index (κ2) is 7.86. The summed E-state index contributed by atoms with van der Waals surface area (Å²) in [5, 5.41) is 5.98. The Morgan fingerprint density at radius 2 is 2.00 bits per heavy atom. The Labute approximate surface area is 160 Å². The summed E-state index contributed by atoms with van der Waals surface area (Å²) >= 11 is 0. The summed E-state index contributed by atoms with van der Waals surface area (Å²) in [6.07, 6.45) is 3.73. The first-order chi connectivity index (χ1) is 13.1. The quantitative estimate of drug-likeness (QED) is 0.840. The molecule has 0 aromatic heterocycles. The van der Waals surface area contributed by atoms with Crippen molar-refractivity contribution < 1.29 is 14.3 Å². The maximum Gasteiger partial charge on any atom is 0.322 e. The number of nitrogens with one attached hydrogen (secondary N) is 2. The number of amides is 3. The monoisotopic (exact) mass is 372 g/mol. The molecule has 0 radical (unpaired) electrons. The van der Waals surface area contributed by atoms with E-state index < -0.39 is 0 Å². The third-order valence-corrected chi connectivity index (χ3v) is 5.85. The minimum absolute atomic E-state index is 0.00967. The van der Waals surface area contributed by atoms with Crippen LogP contribution < -0.4 is 15.5 Å². The van der Waals surface area contributed by atoms with Gasteiger partial charge in [0, 0.05) is 24.3 Å². The molecule has 146 valence electrons. The number of likely N-dealkylation sites (tertiary alicyclic amines) is 1. The van der Waals surface area contributed by atoms with Crippen molar-refractivity contribution in [1.29, 1.82) is 0 Å². The molecular weight excluding hydrogens is 344 g/mol. The van der Waals surface area contributed by atoms with E-state index in [1.54, 1.807) is 4.90 Å². The maximum atomic E-state index is 12.9. The van der Waals surface area contributed by atoms with E-state index in [0.29, 0.717) is 31.9 Å². The first-order valence-corrected chi connectivity index (χ1v) is 9.92. The van der Waals surface area contributed by atoms with Crippen LogP contribution >= 0.6 is 0 Å². The molecule has 7 nitrogen and oxygen atoms in total. The SMILES string of the molecule is Cc1ccc(C(=O)N[C@H]2COC[C@@H]2N2CCCCC2)cc1N1CCNC1=O. The molecule has 0 saturated carbocycles. The van der Waals surface area contributed by atoms with Gasteiger partial charge in [0.05, 0.1) is 25.3 Å². The molecule has 3 saturated heterocycles. The van der Waals surface area contributed by atoms with Crippen LogP contribution in [0.5, 0.6) is 0 Å². The zero-order chi connectivity index (χ0) is 18.8. The van der Waals surface area contributed by atoms with Crippen LogP contribution in [0.4, 0.5) is 10.5 Å².